The number of unbranched alkanes of at least 4 members (excludes halogenated alkanes) is 1. The maximum absolute atomic E-state index is 8.51. The number of rotatable bonds is 6. The van der Waals surface area contributed by atoms with E-state index < -0.39 is 0 Å². The smallest absolute Gasteiger partial charge is 0.0955 e. The number of fused-ring (bicyclic) bond motifs is 1. The summed E-state index contributed by atoms with van der Waals surface area (Å²) in [6, 6.07) is 8.65. The summed E-state index contributed by atoms with van der Waals surface area (Å²) < 4.78 is 2.03. The van der Waals surface area contributed by atoms with Crippen LogP contribution in [0.15, 0.2) is 24.5 Å². The number of likely N-dealkylation sites (N-methyl/N-ethyl adjacent to an activating group) is 1. The molecule has 0 amide bonds. The number of aromatic nitrogens is 2. The largest absolute Gasteiger partial charge is 0.334 e. The summed E-state index contributed by atoms with van der Waals surface area (Å²) in [4.78, 5) is 6.66. The summed E-state index contributed by atoms with van der Waals surface area (Å²) in [6.07, 6.45) is 4.47. The number of benzene rings is 1. The average Bonchev–Trinajstić information content (AvgIpc) is 2.78. The Morgan fingerprint density at radius 1 is 1.37 bits per heavy atom. The lowest BCUT2D eigenvalue weighted by atomic mass is 10.1. The number of nitrogens with zero attached hydrogens (tertiary/aromatic N) is 4. The second-order valence-electron chi connectivity index (χ2n) is 4.99. The van der Waals surface area contributed by atoms with Gasteiger partial charge in [-0.1, -0.05) is 6.07 Å². The predicted octanol–water partition coefficient (Wildman–Crippen LogP) is 2.35. The van der Waals surface area contributed by atoms with Crippen molar-refractivity contribution in [1.82, 2.24) is 14.5 Å². The molecule has 1 aromatic carbocycles. The molecule has 0 atom stereocenters. The lowest BCUT2D eigenvalue weighted by molar-refractivity contribution is 0.335. The molecule has 4 heteroatoms. The summed E-state index contributed by atoms with van der Waals surface area (Å²) in [5.41, 5.74) is 3.55. The molecule has 4 nitrogen and oxygen atoms in total. The maximum Gasteiger partial charge on any atom is 0.0955 e. The molecule has 100 valence electrons. The van der Waals surface area contributed by atoms with Gasteiger partial charge in [0.15, 0.2) is 0 Å². The SMILES string of the molecule is CN(CCCC#N)CCc1ccc2c(c1)ncn2C. The zero-order valence-electron chi connectivity index (χ0n) is 11.6. The Morgan fingerprint density at radius 3 is 3.00 bits per heavy atom. The van der Waals surface area contributed by atoms with Crippen LogP contribution in [-0.2, 0) is 13.5 Å². The number of hydrogen-bond donors (Lipinski definition) is 0. The van der Waals surface area contributed by atoms with Crippen LogP contribution in [0.3, 0.4) is 0 Å². The second-order valence-corrected chi connectivity index (χ2v) is 4.99. The lowest BCUT2D eigenvalue weighted by Gasteiger charge is -2.15. The van der Waals surface area contributed by atoms with E-state index in [1.807, 2.05) is 17.9 Å². The average molecular weight is 256 g/mol. The Hall–Kier alpha value is -1.86. The molecule has 1 heterocycles. The van der Waals surface area contributed by atoms with Crippen molar-refractivity contribution in [2.75, 3.05) is 20.1 Å². The van der Waals surface area contributed by atoms with Crippen LogP contribution in [0.2, 0.25) is 0 Å². The molecule has 0 aliphatic heterocycles. The van der Waals surface area contributed by atoms with Crippen molar-refractivity contribution in [2.24, 2.45) is 7.05 Å². The Labute approximate surface area is 114 Å². The summed E-state index contributed by atoms with van der Waals surface area (Å²) in [5.74, 6) is 0. The maximum atomic E-state index is 8.51. The standard InChI is InChI=1S/C15H20N4/c1-18(9-4-3-8-16)10-7-13-5-6-15-14(11-13)17-12-19(15)2/h5-6,11-12H,3-4,7,9-10H2,1-2H3. The fraction of sp³-hybridized carbons (Fsp3) is 0.467. The van der Waals surface area contributed by atoms with Gasteiger partial charge in [0.25, 0.3) is 0 Å². The van der Waals surface area contributed by atoms with E-state index in [4.69, 9.17) is 5.26 Å². The van der Waals surface area contributed by atoms with Gasteiger partial charge in [-0.15, -0.1) is 0 Å². The Bertz CT molecular complexity index is 579. The van der Waals surface area contributed by atoms with Crippen LogP contribution in [0.4, 0.5) is 0 Å². The van der Waals surface area contributed by atoms with E-state index in [1.165, 1.54) is 11.1 Å². The van der Waals surface area contributed by atoms with E-state index in [0.717, 1.165) is 31.4 Å². The number of aryl methyl sites for hydroxylation is 1. The molecule has 0 radical (unpaired) electrons. The molecule has 2 aromatic rings. The normalized spacial score (nSPS) is 11.1. The summed E-state index contributed by atoms with van der Waals surface area (Å²) >= 11 is 0. The Balaban J connectivity index is 1.89. The predicted molar refractivity (Wildman–Crippen MR) is 76.8 cm³/mol. The summed E-state index contributed by atoms with van der Waals surface area (Å²) in [5, 5.41) is 8.51. The van der Waals surface area contributed by atoms with Gasteiger partial charge in [-0.25, -0.2) is 4.98 Å². The Kier molecular flexibility index (Phi) is 4.53. The quantitative estimate of drug-likeness (QED) is 0.745. The van der Waals surface area contributed by atoms with Crippen molar-refractivity contribution in [3.63, 3.8) is 0 Å². The third-order valence-corrected chi connectivity index (χ3v) is 3.40. The molecule has 0 aliphatic carbocycles. The molecule has 0 spiro atoms. The fourth-order valence-corrected chi connectivity index (χ4v) is 2.20. The van der Waals surface area contributed by atoms with Crippen LogP contribution in [0.1, 0.15) is 18.4 Å². The summed E-state index contributed by atoms with van der Waals surface area (Å²) in [6.45, 7) is 2.00. The van der Waals surface area contributed by atoms with Gasteiger partial charge in [0.2, 0.25) is 0 Å². The van der Waals surface area contributed by atoms with Gasteiger partial charge in [0.05, 0.1) is 23.4 Å². The van der Waals surface area contributed by atoms with Crippen LogP contribution in [0, 0.1) is 11.3 Å². The van der Waals surface area contributed by atoms with Gasteiger partial charge in [0.1, 0.15) is 0 Å². The van der Waals surface area contributed by atoms with E-state index in [2.05, 4.69) is 41.2 Å². The van der Waals surface area contributed by atoms with Gasteiger partial charge in [0, 0.05) is 20.0 Å². The van der Waals surface area contributed by atoms with Crippen LogP contribution in [-0.4, -0.2) is 34.6 Å². The number of hydrogen-bond acceptors (Lipinski definition) is 3. The van der Waals surface area contributed by atoms with Crippen LogP contribution < -0.4 is 0 Å². The molecule has 0 N–H and O–H groups in total. The minimum atomic E-state index is 0.643. The number of imidazole rings is 1. The zero-order valence-corrected chi connectivity index (χ0v) is 11.6. The molecule has 0 aliphatic rings. The van der Waals surface area contributed by atoms with Crippen molar-refractivity contribution in [2.45, 2.75) is 19.3 Å². The second kappa shape index (κ2) is 6.35. The first-order valence-electron chi connectivity index (χ1n) is 6.66. The van der Waals surface area contributed by atoms with Crippen molar-refractivity contribution in [3.05, 3.63) is 30.1 Å². The monoisotopic (exact) mass is 256 g/mol. The van der Waals surface area contributed by atoms with E-state index in [0.29, 0.717) is 6.42 Å². The van der Waals surface area contributed by atoms with Gasteiger partial charge in [-0.05, 0) is 44.1 Å². The molecule has 0 saturated carbocycles. The summed E-state index contributed by atoms with van der Waals surface area (Å²) in [7, 11) is 4.12. The highest BCUT2D eigenvalue weighted by atomic mass is 15.1. The van der Waals surface area contributed by atoms with Gasteiger partial charge >= 0.3 is 0 Å². The highest BCUT2D eigenvalue weighted by Gasteiger charge is 2.03. The molecule has 19 heavy (non-hydrogen) atoms. The highest BCUT2D eigenvalue weighted by Crippen LogP contribution is 2.14. The third-order valence-electron chi connectivity index (χ3n) is 3.40. The van der Waals surface area contributed by atoms with Crippen LogP contribution >= 0.6 is 0 Å². The van der Waals surface area contributed by atoms with Crippen LogP contribution in [0.5, 0.6) is 0 Å². The molecule has 0 bridgehead atoms. The number of nitriles is 1. The van der Waals surface area contributed by atoms with Crippen molar-refractivity contribution >= 4 is 11.0 Å². The van der Waals surface area contributed by atoms with Crippen molar-refractivity contribution in [1.29, 1.82) is 5.26 Å². The topological polar surface area (TPSA) is 44.9 Å². The van der Waals surface area contributed by atoms with Crippen LogP contribution in [0.25, 0.3) is 11.0 Å². The van der Waals surface area contributed by atoms with Crippen molar-refractivity contribution in [3.8, 4) is 6.07 Å². The minimum absolute atomic E-state index is 0.643. The van der Waals surface area contributed by atoms with Gasteiger partial charge < -0.3 is 9.47 Å². The highest BCUT2D eigenvalue weighted by molar-refractivity contribution is 5.75. The van der Waals surface area contributed by atoms with Gasteiger partial charge in [-0.2, -0.15) is 5.26 Å². The first-order valence-corrected chi connectivity index (χ1v) is 6.66. The Morgan fingerprint density at radius 2 is 2.21 bits per heavy atom. The molecule has 0 saturated heterocycles. The van der Waals surface area contributed by atoms with Crippen molar-refractivity contribution < 1.29 is 0 Å². The van der Waals surface area contributed by atoms with E-state index >= 15 is 0 Å². The third kappa shape index (κ3) is 3.55. The lowest BCUT2D eigenvalue weighted by Crippen LogP contribution is -2.22. The molecule has 0 unspecified atom stereocenters. The first-order chi connectivity index (χ1) is 9.20. The molecular formula is C15H20N4. The molecule has 2 rings (SSSR count). The van der Waals surface area contributed by atoms with Gasteiger partial charge in [-0.3, -0.25) is 0 Å². The van der Waals surface area contributed by atoms with E-state index in [-0.39, 0.29) is 0 Å². The van der Waals surface area contributed by atoms with E-state index in [9.17, 15) is 0 Å². The molecule has 1 aromatic heterocycles. The fourth-order valence-electron chi connectivity index (χ4n) is 2.20. The minimum Gasteiger partial charge on any atom is -0.334 e. The molecule has 0 fully saturated rings. The molecular weight excluding hydrogens is 236 g/mol. The zero-order chi connectivity index (χ0) is 13.7. The van der Waals surface area contributed by atoms with E-state index in [1.54, 1.807) is 0 Å². The first kappa shape index (κ1) is 13.6.